The van der Waals surface area contributed by atoms with E-state index in [0.717, 1.165) is 5.56 Å². The second-order valence-electron chi connectivity index (χ2n) is 7.08. The molecular formula is C22H27N3O6S. The quantitative estimate of drug-likeness (QED) is 0.575. The number of anilines is 1. The van der Waals surface area contributed by atoms with Crippen LogP contribution in [0.15, 0.2) is 53.4 Å². The number of nitrogens with one attached hydrogen (secondary N) is 2. The Morgan fingerprint density at radius 3 is 2.28 bits per heavy atom. The van der Waals surface area contributed by atoms with Crippen molar-refractivity contribution in [3.8, 4) is 5.75 Å². The van der Waals surface area contributed by atoms with E-state index in [-0.39, 0.29) is 11.4 Å². The summed E-state index contributed by atoms with van der Waals surface area (Å²) in [6.07, 6.45) is 0.458. The van der Waals surface area contributed by atoms with Gasteiger partial charge in [0.05, 0.1) is 24.7 Å². The Morgan fingerprint density at radius 2 is 1.66 bits per heavy atom. The van der Waals surface area contributed by atoms with E-state index >= 15 is 0 Å². The third kappa shape index (κ3) is 6.28. The summed E-state index contributed by atoms with van der Waals surface area (Å²) in [6.45, 7) is 4.13. The SMILES string of the molecule is CCOc1ccc(NC(=O)C(=O)NCCc2ccc(S(=O)(=O)N3CCOCC3)cc2)cc1. The van der Waals surface area contributed by atoms with Crippen LogP contribution in [0.2, 0.25) is 0 Å². The van der Waals surface area contributed by atoms with Gasteiger partial charge in [-0.1, -0.05) is 12.1 Å². The maximum atomic E-state index is 12.6. The lowest BCUT2D eigenvalue weighted by Gasteiger charge is -2.26. The first-order valence-electron chi connectivity index (χ1n) is 10.4. The molecular weight excluding hydrogens is 434 g/mol. The maximum Gasteiger partial charge on any atom is 0.313 e. The summed E-state index contributed by atoms with van der Waals surface area (Å²) in [7, 11) is -3.54. The molecule has 2 aromatic rings. The smallest absolute Gasteiger partial charge is 0.313 e. The summed E-state index contributed by atoms with van der Waals surface area (Å²) in [6, 6.07) is 13.3. The predicted molar refractivity (Wildman–Crippen MR) is 119 cm³/mol. The van der Waals surface area contributed by atoms with Gasteiger partial charge in [0, 0.05) is 25.3 Å². The van der Waals surface area contributed by atoms with E-state index < -0.39 is 21.8 Å². The van der Waals surface area contributed by atoms with Crippen molar-refractivity contribution in [2.45, 2.75) is 18.2 Å². The highest BCUT2D eigenvalue weighted by Gasteiger charge is 2.26. The number of amides is 2. The van der Waals surface area contributed by atoms with Gasteiger partial charge in [-0.2, -0.15) is 4.31 Å². The maximum absolute atomic E-state index is 12.6. The highest BCUT2D eigenvalue weighted by molar-refractivity contribution is 7.89. The molecule has 1 fully saturated rings. The molecule has 0 spiro atoms. The molecule has 2 amide bonds. The van der Waals surface area contributed by atoms with E-state index in [9.17, 15) is 18.0 Å². The highest BCUT2D eigenvalue weighted by Crippen LogP contribution is 2.18. The average Bonchev–Trinajstić information content (AvgIpc) is 2.81. The van der Waals surface area contributed by atoms with Gasteiger partial charge in [-0.15, -0.1) is 0 Å². The molecule has 0 atom stereocenters. The normalized spacial score (nSPS) is 14.5. The summed E-state index contributed by atoms with van der Waals surface area (Å²) in [5, 5.41) is 5.09. The molecule has 0 radical (unpaired) electrons. The first-order valence-corrected chi connectivity index (χ1v) is 11.8. The Balaban J connectivity index is 1.46. The number of ether oxygens (including phenoxy) is 2. The van der Waals surface area contributed by atoms with E-state index in [4.69, 9.17) is 9.47 Å². The van der Waals surface area contributed by atoms with Crippen LogP contribution in [-0.4, -0.2) is 64.0 Å². The van der Waals surface area contributed by atoms with Gasteiger partial charge in [0.1, 0.15) is 5.75 Å². The topological polar surface area (TPSA) is 114 Å². The summed E-state index contributed by atoms with van der Waals surface area (Å²) in [5.41, 5.74) is 1.34. The van der Waals surface area contributed by atoms with E-state index in [0.29, 0.717) is 50.8 Å². The van der Waals surface area contributed by atoms with Crippen LogP contribution in [0, 0.1) is 0 Å². The van der Waals surface area contributed by atoms with Crippen molar-refractivity contribution < 1.29 is 27.5 Å². The van der Waals surface area contributed by atoms with Crippen molar-refractivity contribution in [3.63, 3.8) is 0 Å². The predicted octanol–water partition coefficient (Wildman–Crippen LogP) is 1.40. The largest absolute Gasteiger partial charge is 0.494 e. The second-order valence-corrected chi connectivity index (χ2v) is 9.02. The minimum absolute atomic E-state index is 0.224. The third-order valence-electron chi connectivity index (χ3n) is 4.86. The van der Waals surface area contributed by atoms with Crippen LogP contribution in [0.1, 0.15) is 12.5 Å². The second kappa shape index (κ2) is 11.1. The summed E-state index contributed by atoms with van der Waals surface area (Å²) >= 11 is 0. The van der Waals surface area contributed by atoms with Crippen LogP contribution in [0.5, 0.6) is 5.75 Å². The molecule has 0 aromatic heterocycles. The number of benzene rings is 2. The molecule has 0 aliphatic carbocycles. The van der Waals surface area contributed by atoms with Crippen molar-refractivity contribution >= 4 is 27.5 Å². The zero-order valence-electron chi connectivity index (χ0n) is 17.9. The molecule has 172 valence electrons. The molecule has 1 saturated heterocycles. The number of hydrogen-bond acceptors (Lipinski definition) is 6. The van der Waals surface area contributed by atoms with Crippen LogP contribution in [0.3, 0.4) is 0 Å². The third-order valence-corrected chi connectivity index (χ3v) is 6.77. The molecule has 1 heterocycles. The van der Waals surface area contributed by atoms with Gasteiger partial charge >= 0.3 is 11.8 Å². The minimum atomic E-state index is -3.54. The van der Waals surface area contributed by atoms with Gasteiger partial charge in [0.15, 0.2) is 0 Å². The molecule has 0 unspecified atom stereocenters. The standard InChI is InChI=1S/C22H27N3O6S/c1-2-31-19-7-5-18(6-8-19)24-22(27)21(26)23-12-11-17-3-9-20(10-4-17)32(28,29)25-13-15-30-16-14-25/h3-10H,2,11-16H2,1H3,(H,23,26)(H,24,27). The lowest BCUT2D eigenvalue weighted by Crippen LogP contribution is -2.40. The molecule has 0 saturated carbocycles. The Kier molecular flexibility index (Phi) is 8.20. The van der Waals surface area contributed by atoms with Crippen molar-refractivity contribution in [2.24, 2.45) is 0 Å². The minimum Gasteiger partial charge on any atom is -0.494 e. The molecule has 2 N–H and O–H groups in total. The van der Waals surface area contributed by atoms with Gasteiger partial charge in [0.25, 0.3) is 0 Å². The van der Waals surface area contributed by atoms with E-state index in [1.54, 1.807) is 48.5 Å². The zero-order chi connectivity index (χ0) is 23.0. The number of carbonyl (C=O) groups excluding carboxylic acids is 2. The highest BCUT2D eigenvalue weighted by atomic mass is 32.2. The van der Waals surface area contributed by atoms with E-state index in [2.05, 4.69) is 10.6 Å². The fourth-order valence-electron chi connectivity index (χ4n) is 3.15. The summed E-state index contributed by atoms with van der Waals surface area (Å²) < 4.78 is 37.2. The van der Waals surface area contributed by atoms with Crippen LogP contribution >= 0.6 is 0 Å². The van der Waals surface area contributed by atoms with E-state index in [1.165, 1.54) is 4.31 Å². The summed E-state index contributed by atoms with van der Waals surface area (Å²) in [4.78, 5) is 24.3. The molecule has 2 aromatic carbocycles. The van der Waals surface area contributed by atoms with Gasteiger partial charge in [-0.25, -0.2) is 8.42 Å². The fourth-order valence-corrected chi connectivity index (χ4v) is 4.56. The fraction of sp³-hybridized carbons (Fsp3) is 0.364. The lowest BCUT2D eigenvalue weighted by molar-refractivity contribution is -0.136. The monoisotopic (exact) mass is 461 g/mol. The molecule has 9 nitrogen and oxygen atoms in total. The first-order chi connectivity index (χ1) is 15.4. The van der Waals surface area contributed by atoms with Gasteiger partial charge in [0.2, 0.25) is 10.0 Å². The molecule has 10 heteroatoms. The Hall–Kier alpha value is -2.95. The van der Waals surface area contributed by atoms with Crippen LogP contribution in [-0.2, 0) is 30.8 Å². The van der Waals surface area contributed by atoms with Gasteiger partial charge < -0.3 is 20.1 Å². The zero-order valence-corrected chi connectivity index (χ0v) is 18.7. The molecule has 1 aliphatic heterocycles. The molecule has 32 heavy (non-hydrogen) atoms. The summed E-state index contributed by atoms with van der Waals surface area (Å²) in [5.74, 6) is -0.828. The van der Waals surface area contributed by atoms with Crippen molar-refractivity contribution in [3.05, 3.63) is 54.1 Å². The van der Waals surface area contributed by atoms with Gasteiger partial charge in [-0.3, -0.25) is 9.59 Å². The van der Waals surface area contributed by atoms with Crippen molar-refractivity contribution in [1.82, 2.24) is 9.62 Å². The Bertz CT molecular complexity index is 1020. The van der Waals surface area contributed by atoms with Crippen molar-refractivity contribution in [1.29, 1.82) is 0 Å². The Labute approximate surface area is 187 Å². The first kappa shape index (κ1) is 23.7. The van der Waals surface area contributed by atoms with E-state index in [1.807, 2.05) is 6.92 Å². The van der Waals surface area contributed by atoms with Crippen LogP contribution in [0.25, 0.3) is 0 Å². The molecule has 0 bridgehead atoms. The number of carbonyl (C=O) groups is 2. The number of rotatable bonds is 8. The van der Waals surface area contributed by atoms with Crippen LogP contribution < -0.4 is 15.4 Å². The number of nitrogens with zero attached hydrogens (tertiary/aromatic N) is 1. The van der Waals surface area contributed by atoms with Gasteiger partial charge in [-0.05, 0) is 55.3 Å². The Morgan fingerprint density at radius 1 is 1.00 bits per heavy atom. The molecule has 1 aliphatic rings. The molecule has 3 rings (SSSR count). The number of morpholine rings is 1. The number of sulfonamides is 1. The van der Waals surface area contributed by atoms with Crippen molar-refractivity contribution in [2.75, 3.05) is 44.8 Å². The number of hydrogen-bond donors (Lipinski definition) is 2. The average molecular weight is 462 g/mol. The van der Waals surface area contributed by atoms with Crippen LogP contribution in [0.4, 0.5) is 5.69 Å². The lowest BCUT2D eigenvalue weighted by atomic mass is 10.1.